The lowest BCUT2D eigenvalue weighted by molar-refractivity contribution is -0.120. The highest BCUT2D eigenvalue weighted by molar-refractivity contribution is 5.94. The van der Waals surface area contributed by atoms with E-state index in [4.69, 9.17) is 9.47 Å². The van der Waals surface area contributed by atoms with Crippen molar-refractivity contribution in [2.24, 2.45) is 0 Å². The lowest BCUT2D eigenvalue weighted by atomic mass is 10.2. The molecule has 2 aromatic carbocycles. The van der Waals surface area contributed by atoms with Gasteiger partial charge >= 0.3 is 0 Å². The molecule has 0 radical (unpaired) electrons. The monoisotopic (exact) mass is 369 g/mol. The van der Waals surface area contributed by atoms with Gasteiger partial charge in [0.25, 0.3) is 0 Å². The highest BCUT2D eigenvalue weighted by atomic mass is 16.7. The third-order valence-corrected chi connectivity index (χ3v) is 5.10. The molecule has 2 aliphatic rings. The molecule has 0 aliphatic carbocycles. The number of carbonyl (C=O) groups is 1. The van der Waals surface area contributed by atoms with Crippen LogP contribution in [0.15, 0.2) is 42.5 Å². The lowest BCUT2D eigenvalue weighted by Gasteiger charge is -2.38. The molecule has 0 aromatic heterocycles. The third kappa shape index (κ3) is 3.78. The van der Waals surface area contributed by atoms with E-state index >= 15 is 0 Å². The Morgan fingerprint density at radius 1 is 1.04 bits per heavy atom. The number of phenolic OH excluding ortho intramolecular Hbond substituents is 1. The standard InChI is InChI=1S/C20H23N3O4/c1-14(20(25)21-15-2-7-18-19(12-15)27-13-26-18)22-8-10-23(11-9-22)16-3-5-17(24)6-4-16/h2-7,12,14,24H,8-11,13H2,1H3,(H,21,25)/t14-/m1/s1. The summed E-state index contributed by atoms with van der Waals surface area (Å²) in [4.78, 5) is 17.1. The van der Waals surface area contributed by atoms with Gasteiger partial charge in [-0.2, -0.15) is 0 Å². The van der Waals surface area contributed by atoms with Crippen LogP contribution in [0.1, 0.15) is 6.92 Å². The Bertz CT molecular complexity index is 816. The Morgan fingerprint density at radius 2 is 1.74 bits per heavy atom. The van der Waals surface area contributed by atoms with Gasteiger partial charge in [0.2, 0.25) is 12.7 Å². The summed E-state index contributed by atoms with van der Waals surface area (Å²) in [6, 6.07) is 12.4. The molecule has 142 valence electrons. The number of phenols is 1. The zero-order chi connectivity index (χ0) is 18.8. The van der Waals surface area contributed by atoms with Crippen molar-refractivity contribution in [2.45, 2.75) is 13.0 Å². The summed E-state index contributed by atoms with van der Waals surface area (Å²) in [6.07, 6.45) is 0. The van der Waals surface area contributed by atoms with Crippen LogP contribution in [0.3, 0.4) is 0 Å². The molecular weight excluding hydrogens is 346 g/mol. The van der Waals surface area contributed by atoms with Gasteiger partial charge in [0.1, 0.15) is 5.75 Å². The zero-order valence-electron chi connectivity index (χ0n) is 15.2. The summed E-state index contributed by atoms with van der Waals surface area (Å²) in [5, 5.41) is 12.4. The maximum absolute atomic E-state index is 12.6. The molecule has 7 nitrogen and oxygen atoms in total. The molecule has 1 saturated heterocycles. The van der Waals surface area contributed by atoms with Crippen molar-refractivity contribution < 1.29 is 19.4 Å². The van der Waals surface area contributed by atoms with E-state index in [9.17, 15) is 9.90 Å². The second-order valence-electron chi connectivity index (χ2n) is 6.77. The van der Waals surface area contributed by atoms with Gasteiger partial charge in [0.05, 0.1) is 6.04 Å². The van der Waals surface area contributed by atoms with E-state index in [2.05, 4.69) is 15.1 Å². The Hall–Kier alpha value is -2.93. The SMILES string of the molecule is C[C@H](C(=O)Nc1ccc2c(c1)OCO2)N1CCN(c2ccc(O)cc2)CC1. The number of anilines is 2. The Balaban J connectivity index is 1.32. The van der Waals surface area contributed by atoms with Crippen LogP contribution in [-0.2, 0) is 4.79 Å². The topological polar surface area (TPSA) is 74.3 Å². The van der Waals surface area contributed by atoms with E-state index in [0.717, 1.165) is 31.9 Å². The molecule has 0 unspecified atom stereocenters. The summed E-state index contributed by atoms with van der Waals surface area (Å²) < 4.78 is 10.6. The van der Waals surface area contributed by atoms with Crippen molar-refractivity contribution in [3.8, 4) is 17.2 Å². The summed E-state index contributed by atoms with van der Waals surface area (Å²) in [7, 11) is 0. The molecule has 4 rings (SSSR count). The second kappa shape index (κ2) is 7.36. The van der Waals surface area contributed by atoms with Gasteiger partial charge in [0.15, 0.2) is 11.5 Å². The largest absolute Gasteiger partial charge is 0.508 e. The number of nitrogens with zero attached hydrogens (tertiary/aromatic N) is 2. The van der Waals surface area contributed by atoms with Gasteiger partial charge in [0, 0.05) is 43.6 Å². The fraction of sp³-hybridized carbons (Fsp3) is 0.350. The minimum absolute atomic E-state index is 0.0352. The molecular formula is C20H23N3O4. The van der Waals surface area contributed by atoms with Crippen LogP contribution in [-0.4, -0.2) is 54.9 Å². The van der Waals surface area contributed by atoms with Crippen molar-refractivity contribution in [2.75, 3.05) is 43.2 Å². The maximum atomic E-state index is 12.6. The number of hydrogen-bond donors (Lipinski definition) is 2. The second-order valence-corrected chi connectivity index (χ2v) is 6.77. The molecule has 2 N–H and O–H groups in total. The van der Waals surface area contributed by atoms with Crippen molar-refractivity contribution in [1.82, 2.24) is 4.90 Å². The predicted octanol–water partition coefficient (Wildman–Crippen LogP) is 2.27. The molecule has 0 spiro atoms. The Morgan fingerprint density at radius 3 is 2.48 bits per heavy atom. The van der Waals surface area contributed by atoms with E-state index in [0.29, 0.717) is 17.2 Å². The number of aromatic hydroxyl groups is 1. The highest BCUT2D eigenvalue weighted by Gasteiger charge is 2.26. The normalized spacial score (nSPS) is 17.6. The summed E-state index contributed by atoms with van der Waals surface area (Å²) in [6.45, 7) is 5.43. The van der Waals surface area contributed by atoms with Crippen molar-refractivity contribution in [3.05, 3.63) is 42.5 Å². The number of nitrogens with one attached hydrogen (secondary N) is 1. The Labute approximate surface area is 158 Å². The number of carbonyl (C=O) groups excluding carboxylic acids is 1. The molecule has 0 saturated carbocycles. The van der Waals surface area contributed by atoms with E-state index in [1.807, 2.05) is 25.1 Å². The van der Waals surface area contributed by atoms with Gasteiger partial charge < -0.3 is 24.8 Å². The van der Waals surface area contributed by atoms with Crippen LogP contribution in [0.25, 0.3) is 0 Å². The minimum Gasteiger partial charge on any atom is -0.508 e. The summed E-state index contributed by atoms with van der Waals surface area (Å²) in [5.74, 6) is 1.59. The molecule has 7 heteroatoms. The highest BCUT2D eigenvalue weighted by Crippen LogP contribution is 2.34. The zero-order valence-corrected chi connectivity index (χ0v) is 15.2. The van der Waals surface area contributed by atoms with Gasteiger partial charge in [-0.15, -0.1) is 0 Å². The van der Waals surface area contributed by atoms with Crippen LogP contribution in [0.2, 0.25) is 0 Å². The van der Waals surface area contributed by atoms with Crippen LogP contribution in [0.4, 0.5) is 11.4 Å². The average Bonchev–Trinajstić information content (AvgIpc) is 3.16. The lowest BCUT2D eigenvalue weighted by Crippen LogP contribution is -2.52. The fourth-order valence-corrected chi connectivity index (χ4v) is 3.42. The first-order valence-corrected chi connectivity index (χ1v) is 9.09. The van der Waals surface area contributed by atoms with Crippen molar-refractivity contribution >= 4 is 17.3 Å². The molecule has 27 heavy (non-hydrogen) atoms. The minimum atomic E-state index is -0.225. The van der Waals surface area contributed by atoms with Crippen molar-refractivity contribution in [3.63, 3.8) is 0 Å². The van der Waals surface area contributed by atoms with Crippen LogP contribution >= 0.6 is 0 Å². The maximum Gasteiger partial charge on any atom is 0.241 e. The van der Waals surface area contributed by atoms with E-state index in [-0.39, 0.29) is 24.5 Å². The molecule has 2 heterocycles. The van der Waals surface area contributed by atoms with Crippen molar-refractivity contribution in [1.29, 1.82) is 0 Å². The Kier molecular flexibility index (Phi) is 4.77. The molecule has 0 bridgehead atoms. The van der Waals surface area contributed by atoms with Gasteiger partial charge in [-0.05, 0) is 43.3 Å². The summed E-state index contributed by atoms with van der Waals surface area (Å²) in [5.41, 5.74) is 1.80. The number of fused-ring (bicyclic) bond motifs is 1. The predicted molar refractivity (Wildman–Crippen MR) is 103 cm³/mol. The smallest absolute Gasteiger partial charge is 0.241 e. The number of amides is 1. The molecule has 2 aliphatic heterocycles. The van der Waals surface area contributed by atoms with Gasteiger partial charge in [-0.3, -0.25) is 9.69 Å². The number of hydrogen-bond acceptors (Lipinski definition) is 6. The van der Waals surface area contributed by atoms with Crippen LogP contribution in [0, 0.1) is 0 Å². The number of ether oxygens (including phenoxy) is 2. The molecule has 1 fully saturated rings. The van der Waals surface area contributed by atoms with Crippen LogP contribution < -0.4 is 19.7 Å². The number of benzene rings is 2. The summed E-state index contributed by atoms with van der Waals surface area (Å²) >= 11 is 0. The van der Waals surface area contributed by atoms with Gasteiger partial charge in [-0.1, -0.05) is 0 Å². The first kappa shape index (κ1) is 17.5. The first-order valence-electron chi connectivity index (χ1n) is 9.09. The quantitative estimate of drug-likeness (QED) is 0.861. The number of piperazine rings is 1. The van der Waals surface area contributed by atoms with Crippen LogP contribution in [0.5, 0.6) is 17.2 Å². The third-order valence-electron chi connectivity index (χ3n) is 5.10. The first-order chi connectivity index (χ1) is 13.1. The van der Waals surface area contributed by atoms with Gasteiger partial charge in [-0.25, -0.2) is 0 Å². The number of rotatable bonds is 4. The van der Waals surface area contributed by atoms with E-state index < -0.39 is 0 Å². The molecule has 2 aromatic rings. The van der Waals surface area contributed by atoms with E-state index in [1.165, 1.54) is 0 Å². The van der Waals surface area contributed by atoms with E-state index in [1.54, 1.807) is 24.3 Å². The molecule has 1 atom stereocenters. The molecule has 1 amide bonds. The fourth-order valence-electron chi connectivity index (χ4n) is 3.42. The average molecular weight is 369 g/mol.